The highest BCUT2D eigenvalue weighted by Crippen LogP contribution is 2.13. The summed E-state index contributed by atoms with van der Waals surface area (Å²) in [7, 11) is 1.60. The van der Waals surface area contributed by atoms with E-state index in [1.807, 2.05) is 6.92 Å². The molecular weight excluding hydrogens is 412 g/mol. The van der Waals surface area contributed by atoms with Crippen LogP contribution in [0.1, 0.15) is 19.8 Å². The molecule has 0 aliphatic heterocycles. The first-order valence-corrected chi connectivity index (χ1v) is 10.4. The maximum absolute atomic E-state index is 12.3. The molecule has 0 aromatic carbocycles. The monoisotopic (exact) mass is 446 g/mol. The number of likely N-dealkylation sites (N-methyl/N-ethyl adjacent to an activating group) is 1. The van der Waals surface area contributed by atoms with Crippen LogP contribution in [0.3, 0.4) is 0 Å². The van der Waals surface area contributed by atoms with Gasteiger partial charge in [0.05, 0.1) is 19.6 Å². The van der Waals surface area contributed by atoms with Crippen LogP contribution in [-0.2, 0) is 24.0 Å². The number of thiol groups is 1. The van der Waals surface area contributed by atoms with E-state index < -0.39 is 23.8 Å². The number of carbonyl (C=O) groups excluding carboxylic acids is 5. The smallest absolute Gasteiger partial charge is 0.243 e. The molecule has 0 aromatic heterocycles. The second-order valence-electron chi connectivity index (χ2n) is 6.98. The van der Waals surface area contributed by atoms with Crippen LogP contribution in [0, 0.1) is 11.8 Å². The fourth-order valence-corrected chi connectivity index (χ4v) is 2.80. The summed E-state index contributed by atoms with van der Waals surface area (Å²) in [6.07, 6.45) is 1.99. The van der Waals surface area contributed by atoms with Crippen LogP contribution in [0.25, 0.3) is 0 Å². The molecule has 7 N–H and O–H groups in total. The molecule has 3 atom stereocenters. The minimum Gasteiger partial charge on any atom is -0.354 e. The van der Waals surface area contributed by atoms with Crippen molar-refractivity contribution in [2.45, 2.75) is 25.8 Å². The van der Waals surface area contributed by atoms with Crippen LogP contribution < -0.4 is 32.3 Å². The average molecular weight is 447 g/mol. The van der Waals surface area contributed by atoms with Crippen LogP contribution in [0.15, 0.2) is 0 Å². The first-order chi connectivity index (χ1) is 14.3. The Labute approximate surface area is 182 Å². The summed E-state index contributed by atoms with van der Waals surface area (Å²) in [6.45, 7) is 2.10. The molecule has 0 saturated heterocycles. The Balaban J connectivity index is 4.33. The summed E-state index contributed by atoms with van der Waals surface area (Å²) in [4.78, 5) is 57.8. The minimum absolute atomic E-state index is 0.0116. The quantitative estimate of drug-likeness (QED) is 0.0988. The molecule has 0 aromatic rings. The van der Waals surface area contributed by atoms with Crippen molar-refractivity contribution in [3.8, 4) is 0 Å². The second kappa shape index (κ2) is 16.6. The number of amides is 4. The van der Waals surface area contributed by atoms with Crippen LogP contribution in [0.2, 0.25) is 0 Å². The molecule has 0 bridgehead atoms. The molecule has 0 spiro atoms. The van der Waals surface area contributed by atoms with Gasteiger partial charge < -0.3 is 37.1 Å². The van der Waals surface area contributed by atoms with Gasteiger partial charge in [-0.15, -0.1) is 0 Å². The Kier molecular flexibility index (Phi) is 15.4. The normalized spacial score (nSPS) is 13.5. The highest BCUT2D eigenvalue weighted by Gasteiger charge is 2.21. The fraction of sp³-hybridized carbons (Fsp3) is 0.722. The SMILES string of the molecule is CNCC(=O)NCC(=O)NCC(=O)NC(CS)C(=O)NCC(CN)CC(C)CC=O. The molecule has 0 fully saturated rings. The third kappa shape index (κ3) is 13.1. The van der Waals surface area contributed by atoms with E-state index in [0.29, 0.717) is 25.9 Å². The van der Waals surface area contributed by atoms with Crippen LogP contribution in [0.5, 0.6) is 0 Å². The largest absolute Gasteiger partial charge is 0.354 e. The van der Waals surface area contributed by atoms with E-state index in [2.05, 4.69) is 39.2 Å². The predicted molar refractivity (Wildman–Crippen MR) is 116 cm³/mol. The Morgan fingerprint density at radius 1 is 1.00 bits per heavy atom. The number of nitrogens with two attached hydrogens (primary N) is 1. The summed E-state index contributed by atoms with van der Waals surface area (Å²) in [5.74, 6) is -1.60. The summed E-state index contributed by atoms with van der Waals surface area (Å²) in [5, 5.41) is 12.6. The van der Waals surface area contributed by atoms with Gasteiger partial charge in [0.1, 0.15) is 12.3 Å². The summed E-state index contributed by atoms with van der Waals surface area (Å²) in [6, 6.07) is -0.876. The maximum Gasteiger partial charge on any atom is 0.243 e. The highest BCUT2D eigenvalue weighted by atomic mass is 32.1. The molecule has 0 saturated carbocycles. The van der Waals surface area contributed by atoms with Crippen LogP contribution in [0.4, 0.5) is 0 Å². The lowest BCUT2D eigenvalue weighted by atomic mass is 9.94. The van der Waals surface area contributed by atoms with Crippen molar-refractivity contribution in [1.82, 2.24) is 26.6 Å². The van der Waals surface area contributed by atoms with Gasteiger partial charge in [0.2, 0.25) is 23.6 Å². The molecule has 11 nitrogen and oxygen atoms in total. The van der Waals surface area contributed by atoms with Crippen molar-refractivity contribution in [3.63, 3.8) is 0 Å². The molecule has 30 heavy (non-hydrogen) atoms. The lowest BCUT2D eigenvalue weighted by Gasteiger charge is -2.21. The molecule has 0 aliphatic rings. The van der Waals surface area contributed by atoms with Crippen molar-refractivity contribution >= 4 is 42.5 Å². The molecule has 0 rings (SSSR count). The van der Waals surface area contributed by atoms with Crippen LogP contribution in [-0.4, -0.2) is 81.5 Å². The number of hydrogen-bond acceptors (Lipinski definition) is 8. The number of aldehydes is 1. The Morgan fingerprint density at radius 2 is 1.60 bits per heavy atom. The Hall–Kier alpha value is -2.18. The highest BCUT2D eigenvalue weighted by molar-refractivity contribution is 7.80. The first-order valence-electron chi connectivity index (χ1n) is 9.76. The van der Waals surface area contributed by atoms with Gasteiger partial charge >= 0.3 is 0 Å². The molecule has 0 heterocycles. The third-order valence-corrected chi connectivity index (χ3v) is 4.56. The van der Waals surface area contributed by atoms with E-state index in [-0.39, 0.29) is 43.1 Å². The number of hydrogen-bond donors (Lipinski definition) is 7. The Bertz CT molecular complexity index is 577. The predicted octanol–water partition coefficient (Wildman–Crippen LogP) is -2.84. The average Bonchev–Trinajstić information content (AvgIpc) is 2.72. The van der Waals surface area contributed by atoms with Gasteiger partial charge in [0.25, 0.3) is 0 Å². The van der Waals surface area contributed by atoms with E-state index >= 15 is 0 Å². The molecule has 3 unspecified atom stereocenters. The third-order valence-electron chi connectivity index (χ3n) is 4.20. The Morgan fingerprint density at radius 3 is 2.13 bits per heavy atom. The lowest BCUT2D eigenvalue weighted by Crippen LogP contribution is -2.52. The van der Waals surface area contributed by atoms with Crippen molar-refractivity contribution in [2.75, 3.05) is 45.5 Å². The van der Waals surface area contributed by atoms with Crippen molar-refractivity contribution in [2.24, 2.45) is 17.6 Å². The first kappa shape index (κ1) is 27.8. The zero-order chi connectivity index (χ0) is 22.9. The number of carbonyl (C=O) groups is 5. The molecule has 4 amide bonds. The topological polar surface area (TPSA) is 172 Å². The van der Waals surface area contributed by atoms with Crippen molar-refractivity contribution in [3.05, 3.63) is 0 Å². The van der Waals surface area contributed by atoms with Crippen LogP contribution >= 0.6 is 12.6 Å². The van der Waals surface area contributed by atoms with Gasteiger partial charge in [-0.1, -0.05) is 6.92 Å². The minimum atomic E-state index is -0.876. The molecular formula is C18H34N6O5S. The van der Waals surface area contributed by atoms with Gasteiger partial charge in [-0.05, 0) is 31.8 Å². The molecule has 0 aliphatic carbocycles. The standard InChI is InChI=1S/C18H34N6O5S/c1-12(3-4-25)5-13(6-19)7-23-18(29)14(11-30)24-17(28)10-22-16(27)9-21-15(26)8-20-2/h4,12-14,20,30H,3,5-11,19H2,1-2H3,(H,21,26)(H,22,27)(H,23,29)(H,24,28). The van der Waals surface area contributed by atoms with Gasteiger partial charge in [-0.2, -0.15) is 12.6 Å². The zero-order valence-electron chi connectivity index (χ0n) is 17.5. The van der Waals surface area contributed by atoms with Gasteiger partial charge in [0.15, 0.2) is 0 Å². The van der Waals surface area contributed by atoms with Crippen molar-refractivity contribution in [1.29, 1.82) is 0 Å². The van der Waals surface area contributed by atoms with Gasteiger partial charge in [-0.25, -0.2) is 0 Å². The molecule has 12 heteroatoms. The zero-order valence-corrected chi connectivity index (χ0v) is 18.4. The van der Waals surface area contributed by atoms with Crippen molar-refractivity contribution < 1.29 is 24.0 Å². The number of nitrogens with one attached hydrogen (secondary N) is 5. The van der Waals surface area contributed by atoms with E-state index in [1.54, 1.807) is 7.05 Å². The summed E-state index contributed by atoms with van der Waals surface area (Å²) < 4.78 is 0. The fourth-order valence-electron chi connectivity index (χ4n) is 2.54. The maximum atomic E-state index is 12.3. The summed E-state index contributed by atoms with van der Waals surface area (Å²) in [5.41, 5.74) is 5.73. The summed E-state index contributed by atoms with van der Waals surface area (Å²) >= 11 is 4.09. The van der Waals surface area contributed by atoms with Gasteiger partial charge in [-0.3, -0.25) is 19.2 Å². The van der Waals surface area contributed by atoms with Gasteiger partial charge in [0, 0.05) is 18.7 Å². The lowest BCUT2D eigenvalue weighted by molar-refractivity contribution is -0.129. The van der Waals surface area contributed by atoms with E-state index in [4.69, 9.17) is 5.73 Å². The second-order valence-corrected chi connectivity index (χ2v) is 7.34. The van der Waals surface area contributed by atoms with E-state index in [0.717, 1.165) is 6.29 Å². The molecule has 0 radical (unpaired) electrons. The number of rotatable bonds is 16. The molecule has 172 valence electrons. The van der Waals surface area contributed by atoms with E-state index in [1.165, 1.54) is 0 Å². The van der Waals surface area contributed by atoms with E-state index in [9.17, 15) is 24.0 Å².